The summed E-state index contributed by atoms with van der Waals surface area (Å²) in [7, 11) is 2.91. The van der Waals surface area contributed by atoms with E-state index in [1.807, 2.05) is 0 Å². The van der Waals surface area contributed by atoms with Gasteiger partial charge < -0.3 is 14.7 Å². The van der Waals surface area contributed by atoms with E-state index in [0.717, 1.165) is 6.07 Å². The number of hydrogen-bond donors (Lipinski definition) is 1. The van der Waals surface area contributed by atoms with Crippen molar-refractivity contribution in [1.82, 2.24) is 0 Å². The van der Waals surface area contributed by atoms with Crippen LogP contribution >= 0.6 is 0 Å². The van der Waals surface area contributed by atoms with Gasteiger partial charge in [0, 0.05) is 24.4 Å². The van der Waals surface area contributed by atoms with Gasteiger partial charge >= 0.3 is 0 Å². The number of carbonyl (C=O) groups excluding carboxylic acids is 1. The lowest BCUT2D eigenvalue weighted by molar-refractivity contribution is 0.0992. The fourth-order valence-corrected chi connectivity index (χ4v) is 1.81. The predicted molar refractivity (Wildman–Crippen MR) is 73.8 cm³/mol. The summed E-state index contributed by atoms with van der Waals surface area (Å²) in [5.41, 5.74) is 0.723. The lowest BCUT2D eigenvalue weighted by Gasteiger charge is -2.17. The molecule has 0 saturated heterocycles. The Morgan fingerprint density at radius 2 is 2.00 bits per heavy atom. The van der Waals surface area contributed by atoms with Crippen molar-refractivity contribution in [2.24, 2.45) is 0 Å². The second kappa shape index (κ2) is 5.61. The van der Waals surface area contributed by atoms with E-state index < -0.39 is 5.82 Å². The summed E-state index contributed by atoms with van der Waals surface area (Å²) in [5.74, 6) is -0.829. The van der Waals surface area contributed by atoms with E-state index in [-0.39, 0.29) is 23.0 Å². The van der Waals surface area contributed by atoms with Crippen LogP contribution in [0, 0.1) is 5.82 Å². The zero-order chi connectivity index (χ0) is 14.7. The van der Waals surface area contributed by atoms with Gasteiger partial charge in [-0.05, 0) is 30.3 Å². The molecule has 0 aliphatic heterocycles. The number of nitrogens with zero attached hydrogens (tertiary/aromatic N) is 1. The molecule has 0 saturated carbocycles. The number of rotatable bonds is 3. The Morgan fingerprint density at radius 1 is 1.25 bits per heavy atom. The topological polar surface area (TPSA) is 49.8 Å². The minimum Gasteiger partial charge on any atom is -0.508 e. The fourth-order valence-electron chi connectivity index (χ4n) is 1.81. The molecule has 2 aromatic rings. The summed E-state index contributed by atoms with van der Waals surface area (Å²) in [6, 6.07) is 10.3. The summed E-state index contributed by atoms with van der Waals surface area (Å²) in [6.45, 7) is 0. The Hall–Kier alpha value is -2.56. The number of amides is 1. The number of benzene rings is 2. The molecule has 20 heavy (non-hydrogen) atoms. The van der Waals surface area contributed by atoms with Gasteiger partial charge in [-0.2, -0.15) is 0 Å². The van der Waals surface area contributed by atoms with Crippen molar-refractivity contribution in [3.8, 4) is 11.5 Å². The van der Waals surface area contributed by atoms with Crippen LogP contribution < -0.4 is 9.64 Å². The first-order valence-electron chi connectivity index (χ1n) is 5.93. The minimum absolute atomic E-state index is 0.0584. The number of aromatic hydroxyl groups is 1. The Bertz CT molecular complexity index is 643. The third-order valence-electron chi connectivity index (χ3n) is 2.92. The van der Waals surface area contributed by atoms with E-state index in [1.54, 1.807) is 19.2 Å². The molecule has 5 heteroatoms. The Morgan fingerprint density at radius 3 is 2.60 bits per heavy atom. The van der Waals surface area contributed by atoms with Crippen LogP contribution in [0.15, 0.2) is 42.5 Å². The normalized spacial score (nSPS) is 10.2. The van der Waals surface area contributed by atoms with Gasteiger partial charge in [0.1, 0.15) is 5.75 Å². The van der Waals surface area contributed by atoms with Crippen molar-refractivity contribution >= 4 is 11.6 Å². The molecule has 0 bridgehead atoms. The van der Waals surface area contributed by atoms with Gasteiger partial charge in [0.25, 0.3) is 5.91 Å². The minimum atomic E-state index is -0.595. The molecular weight excluding hydrogens is 261 g/mol. The van der Waals surface area contributed by atoms with E-state index in [9.17, 15) is 14.3 Å². The predicted octanol–water partition coefficient (Wildman–Crippen LogP) is 2.82. The second-order valence-electron chi connectivity index (χ2n) is 4.23. The molecule has 104 valence electrons. The van der Waals surface area contributed by atoms with E-state index in [1.165, 1.54) is 36.3 Å². The molecule has 0 aromatic heterocycles. The highest BCUT2D eigenvalue weighted by molar-refractivity contribution is 6.05. The standard InChI is InChI=1S/C15H14FNO3/c1-17(11-4-3-5-12(18)9-11)15(19)10-6-7-14(20-2)13(16)8-10/h3-9,18H,1-2H3. The van der Waals surface area contributed by atoms with Gasteiger partial charge in [0.05, 0.1) is 7.11 Å². The molecule has 0 heterocycles. The number of hydrogen-bond acceptors (Lipinski definition) is 3. The molecule has 0 spiro atoms. The van der Waals surface area contributed by atoms with Crippen molar-refractivity contribution in [2.75, 3.05) is 19.1 Å². The van der Waals surface area contributed by atoms with Crippen molar-refractivity contribution in [2.45, 2.75) is 0 Å². The van der Waals surface area contributed by atoms with Crippen LogP contribution in [-0.4, -0.2) is 25.2 Å². The van der Waals surface area contributed by atoms with Gasteiger partial charge in [0.15, 0.2) is 11.6 Å². The van der Waals surface area contributed by atoms with E-state index in [0.29, 0.717) is 5.69 Å². The molecule has 0 atom stereocenters. The zero-order valence-electron chi connectivity index (χ0n) is 11.1. The van der Waals surface area contributed by atoms with Gasteiger partial charge in [-0.1, -0.05) is 6.07 Å². The Labute approximate surface area is 116 Å². The van der Waals surface area contributed by atoms with Crippen LogP contribution in [-0.2, 0) is 0 Å². The van der Waals surface area contributed by atoms with Gasteiger partial charge in [0.2, 0.25) is 0 Å². The molecule has 0 aliphatic carbocycles. The van der Waals surface area contributed by atoms with Crippen molar-refractivity contribution < 1.29 is 19.0 Å². The summed E-state index contributed by atoms with van der Waals surface area (Å²) in [5, 5.41) is 9.41. The number of phenolic OH excluding ortho intramolecular Hbond substituents is 1. The molecule has 4 nitrogen and oxygen atoms in total. The van der Waals surface area contributed by atoms with Crippen LogP contribution in [0.4, 0.5) is 10.1 Å². The largest absolute Gasteiger partial charge is 0.508 e. The van der Waals surface area contributed by atoms with Crippen LogP contribution in [0.3, 0.4) is 0 Å². The maximum atomic E-state index is 13.6. The summed E-state index contributed by atoms with van der Waals surface area (Å²) >= 11 is 0. The first kappa shape index (κ1) is 13.9. The second-order valence-corrected chi connectivity index (χ2v) is 4.23. The lowest BCUT2D eigenvalue weighted by atomic mass is 10.1. The zero-order valence-corrected chi connectivity index (χ0v) is 11.1. The van der Waals surface area contributed by atoms with Crippen molar-refractivity contribution in [3.63, 3.8) is 0 Å². The van der Waals surface area contributed by atoms with Gasteiger partial charge in [-0.3, -0.25) is 4.79 Å². The molecular formula is C15H14FNO3. The molecule has 2 aromatic carbocycles. The number of phenols is 1. The molecule has 0 radical (unpaired) electrons. The average molecular weight is 275 g/mol. The number of ether oxygens (including phenoxy) is 1. The highest BCUT2D eigenvalue weighted by atomic mass is 19.1. The average Bonchev–Trinajstić information content (AvgIpc) is 2.45. The molecule has 2 rings (SSSR count). The van der Waals surface area contributed by atoms with E-state index in [4.69, 9.17) is 4.74 Å². The SMILES string of the molecule is COc1ccc(C(=O)N(C)c2cccc(O)c2)cc1F. The molecule has 1 amide bonds. The lowest BCUT2D eigenvalue weighted by Crippen LogP contribution is -2.26. The van der Waals surface area contributed by atoms with Crippen molar-refractivity contribution in [3.05, 3.63) is 53.8 Å². The van der Waals surface area contributed by atoms with Crippen molar-refractivity contribution in [1.29, 1.82) is 0 Å². The smallest absolute Gasteiger partial charge is 0.258 e. The Balaban J connectivity index is 2.29. The van der Waals surface area contributed by atoms with E-state index in [2.05, 4.69) is 0 Å². The molecule has 0 fully saturated rings. The third kappa shape index (κ3) is 2.71. The number of halogens is 1. The number of carbonyl (C=O) groups is 1. The monoisotopic (exact) mass is 275 g/mol. The van der Waals surface area contributed by atoms with Crippen LogP contribution in [0.2, 0.25) is 0 Å². The van der Waals surface area contributed by atoms with Crippen LogP contribution in [0.1, 0.15) is 10.4 Å². The number of methoxy groups -OCH3 is 1. The molecule has 0 unspecified atom stereocenters. The maximum absolute atomic E-state index is 13.6. The van der Waals surface area contributed by atoms with Crippen LogP contribution in [0.25, 0.3) is 0 Å². The summed E-state index contributed by atoms with van der Waals surface area (Å²) < 4.78 is 18.4. The Kier molecular flexibility index (Phi) is 3.89. The highest BCUT2D eigenvalue weighted by Gasteiger charge is 2.16. The first-order chi connectivity index (χ1) is 9.52. The quantitative estimate of drug-likeness (QED) is 0.937. The third-order valence-corrected chi connectivity index (χ3v) is 2.92. The fraction of sp³-hybridized carbons (Fsp3) is 0.133. The van der Waals surface area contributed by atoms with E-state index >= 15 is 0 Å². The molecule has 1 N–H and O–H groups in total. The maximum Gasteiger partial charge on any atom is 0.258 e. The molecule has 0 aliphatic rings. The van der Waals surface area contributed by atoms with Gasteiger partial charge in [-0.25, -0.2) is 4.39 Å². The highest BCUT2D eigenvalue weighted by Crippen LogP contribution is 2.22. The number of anilines is 1. The first-order valence-corrected chi connectivity index (χ1v) is 5.93. The summed E-state index contributed by atoms with van der Waals surface area (Å²) in [4.78, 5) is 13.6. The van der Waals surface area contributed by atoms with Crippen LogP contribution in [0.5, 0.6) is 11.5 Å². The summed E-state index contributed by atoms with van der Waals surface area (Å²) in [6.07, 6.45) is 0. The van der Waals surface area contributed by atoms with Gasteiger partial charge in [-0.15, -0.1) is 0 Å².